The summed E-state index contributed by atoms with van der Waals surface area (Å²) in [5, 5.41) is 8.60. The van der Waals surface area contributed by atoms with E-state index >= 15 is 0 Å². The molecule has 96 valence electrons. The highest BCUT2D eigenvalue weighted by Crippen LogP contribution is 2.21. The number of rotatable bonds is 2. The molecule has 0 saturated heterocycles. The van der Waals surface area contributed by atoms with Gasteiger partial charge in [-0.05, 0) is 37.3 Å². The molecule has 0 aliphatic heterocycles. The summed E-state index contributed by atoms with van der Waals surface area (Å²) >= 11 is 0. The Morgan fingerprint density at radius 1 is 1.21 bits per heavy atom. The molecule has 0 spiro atoms. The Balaban J connectivity index is 1.97. The van der Waals surface area contributed by atoms with Crippen LogP contribution in [0.15, 0.2) is 36.5 Å². The van der Waals surface area contributed by atoms with Gasteiger partial charge in [0.1, 0.15) is 5.82 Å². The molecule has 0 radical (unpaired) electrons. The Hall–Kier alpha value is -2.56. The van der Waals surface area contributed by atoms with Crippen LogP contribution in [-0.2, 0) is 7.05 Å². The van der Waals surface area contributed by atoms with Gasteiger partial charge >= 0.3 is 0 Å². The fourth-order valence-corrected chi connectivity index (χ4v) is 2.07. The Bertz CT molecular complexity index is 745. The van der Waals surface area contributed by atoms with Gasteiger partial charge in [-0.3, -0.25) is 4.68 Å². The minimum atomic E-state index is 0.748. The largest absolute Gasteiger partial charge is 0.399 e. The summed E-state index contributed by atoms with van der Waals surface area (Å²) in [6.07, 6.45) is 1.93. The van der Waals surface area contributed by atoms with Gasteiger partial charge in [0.15, 0.2) is 0 Å². The summed E-state index contributed by atoms with van der Waals surface area (Å²) in [6.45, 7) is 1.96. The molecule has 0 aliphatic carbocycles. The lowest BCUT2D eigenvalue weighted by Crippen LogP contribution is -1.94. The molecule has 0 amide bonds. The minimum Gasteiger partial charge on any atom is -0.399 e. The monoisotopic (exact) mass is 253 g/mol. The van der Waals surface area contributed by atoms with Crippen LogP contribution in [0.3, 0.4) is 0 Å². The van der Waals surface area contributed by atoms with Crippen molar-refractivity contribution >= 4 is 28.1 Å². The topological polar surface area (TPSA) is 68.8 Å². The fraction of sp³-hybridized carbons (Fsp3) is 0.143. The van der Waals surface area contributed by atoms with Gasteiger partial charge < -0.3 is 11.1 Å². The summed E-state index contributed by atoms with van der Waals surface area (Å²) in [5.74, 6) is 0.799. The number of nitrogens with zero attached hydrogens (tertiary/aromatic N) is 3. The van der Waals surface area contributed by atoms with E-state index in [0.29, 0.717) is 0 Å². The molecule has 3 rings (SSSR count). The zero-order valence-corrected chi connectivity index (χ0v) is 10.9. The van der Waals surface area contributed by atoms with Crippen LogP contribution in [0.25, 0.3) is 10.9 Å². The van der Waals surface area contributed by atoms with E-state index in [2.05, 4.69) is 15.4 Å². The molecule has 0 saturated carbocycles. The van der Waals surface area contributed by atoms with Gasteiger partial charge in [-0.1, -0.05) is 0 Å². The Morgan fingerprint density at radius 3 is 2.79 bits per heavy atom. The molecule has 3 N–H and O–H groups in total. The number of hydrogen-bond donors (Lipinski definition) is 2. The second kappa shape index (κ2) is 4.28. The molecule has 0 fully saturated rings. The third-order valence-corrected chi connectivity index (χ3v) is 2.99. The Morgan fingerprint density at radius 2 is 2.05 bits per heavy atom. The number of nitrogen functional groups attached to an aromatic ring is 1. The summed E-state index contributed by atoms with van der Waals surface area (Å²) in [4.78, 5) is 4.56. The van der Waals surface area contributed by atoms with Crippen molar-refractivity contribution in [2.75, 3.05) is 11.1 Å². The first-order valence-corrected chi connectivity index (χ1v) is 6.05. The number of anilines is 3. The first-order valence-electron chi connectivity index (χ1n) is 6.05. The summed E-state index contributed by atoms with van der Waals surface area (Å²) in [7, 11) is 1.90. The second-order valence-corrected chi connectivity index (χ2v) is 4.58. The van der Waals surface area contributed by atoms with Gasteiger partial charge in [-0.2, -0.15) is 5.10 Å². The summed E-state index contributed by atoms with van der Waals surface area (Å²) in [6, 6.07) is 9.64. The highest BCUT2D eigenvalue weighted by molar-refractivity contribution is 5.83. The molecular formula is C14H15N5. The van der Waals surface area contributed by atoms with Crippen molar-refractivity contribution in [1.82, 2.24) is 14.8 Å². The lowest BCUT2D eigenvalue weighted by Gasteiger charge is -2.05. The van der Waals surface area contributed by atoms with E-state index in [0.717, 1.165) is 33.8 Å². The molecule has 0 atom stereocenters. The number of fused-ring (bicyclic) bond motifs is 1. The molecule has 2 heterocycles. The molecule has 1 aromatic carbocycles. The smallest absolute Gasteiger partial charge is 0.131 e. The van der Waals surface area contributed by atoms with Gasteiger partial charge in [-0.15, -0.1) is 0 Å². The standard InChI is InChI=1S/C14H15N5/c1-9-13(8-19(2)18-9)17-14-6-3-10-7-11(15)4-5-12(10)16-14/h3-8H,15H2,1-2H3,(H,16,17). The van der Waals surface area contributed by atoms with Crippen LogP contribution in [0, 0.1) is 6.92 Å². The van der Waals surface area contributed by atoms with Crippen LogP contribution in [0.5, 0.6) is 0 Å². The van der Waals surface area contributed by atoms with Gasteiger partial charge in [0, 0.05) is 24.3 Å². The van der Waals surface area contributed by atoms with E-state index < -0.39 is 0 Å². The van der Waals surface area contributed by atoms with E-state index in [-0.39, 0.29) is 0 Å². The Labute approximate surface area is 111 Å². The molecule has 0 unspecified atom stereocenters. The van der Waals surface area contributed by atoms with E-state index in [4.69, 9.17) is 5.73 Å². The third kappa shape index (κ3) is 2.22. The van der Waals surface area contributed by atoms with Crippen LogP contribution in [0.2, 0.25) is 0 Å². The zero-order valence-electron chi connectivity index (χ0n) is 10.9. The predicted octanol–water partition coefficient (Wildman–Crippen LogP) is 2.60. The minimum absolute atomic E-state index is 0.748. The van der Waals surface area contributed by atoms with E-state index in [1.807, 2.05) is 50.5 Å². The normalized spacial score (nSPS) is 10.8. The molecule has 5 heteroatoms. The maximum absolute atomic E-state index is 5.75. The fourth-order valence-electron chi connectivity index (χ4n) is 2.07. The van der Waals surface area contributed by atoms with Crippen LogP contribution >= 0.6 is 0 Å². The van der Waals surface area contributed by atoms with Crippen molar-refractivity contribution in [3.05, 3.63) is 42.2 Å². The number of nitrogens with two attached hydrogens (primary N) is 1. The average molecular weight is 253 g/mol. The highest BCUT2D eigenvalue weighted by atomic mass is 15.3. The van der Waals surface area contributed by atoms with Gasteiger partial charge in [0.2, 0.25) is 0 Å². The Kier molecular flexibility index (Phi) is 2.59. The summed E-state index contributed by atoms with van der Waals surface area (Å²) in [5.41, 5.74) is 9.33. The molecule has 2 aromatic heterocycles. The highest BCUT2D eigenvalue weighted by Gasteiger charge is 2.04. The average Bonchev–Trinajstić information content (AvgIpc) is 2.68. The van der Waals surface area contributed by atoms with Crippen molar-refractivity contribution < 1.29 is 0 Å². The molecule has 3 aromatic rings. The molecule has 19 heavy (non-hydrogen) atoms. The lowest BCUT2D eigenvalue weighted by atomic mass is 10.2. The maximum atomic E-state index is 5.75. The predicted molar refractivity (Wildman–Crippen MR) is 77.4 cm³/mol. The van der Waals surface area contributed by atoms with Gasteiger partial charge in [0.25, 0.3) is 0 Å². The molecule has 5 nitrogen and oxygen atoms in total. The maximum Gasteiger partial charge on any atom is 0.131 e. The number of nitrogens with one attached hydrogen (secondary N) is 1. The second-order valence-electron chi connectivity index (χ2n) is 4.58. The van der Waals surface area contributed by atoms with Crippen LogP contribution in [0.1, 0.15) is 5.69 Å². The van der Waals surface area contributed by atoms with E-state index in [1.165, 1.54) is 0 Å². The van der Waals surface area contributed by atoms with Gasteiger partial charge in [-0.25, -0.2) is 4.98 Å². The van der Waals surface area contributed by atoms with Crippen molar-refractivity contribution in [2.45, 2.75) is 6.92 Å². The summed E-state index contributed by atoms with van der Waals surface area (Å²) < 4.78 is 1.78. The molecule has 0 aliphatic rings. The SMILES string of the molecule is Cc1nn(C)cc1Nc1ccc2cc(N)ccc2n1. The number of benzene rings is 1. The van der Waals surface area contributed by atoms with Crippen LogP contribution in [0.4, 0.5) is 17.2 Å². The van der Waals surface area contributed by atoms with Crippen molar-refractivity contribution in [3.63, 3.8) is 0 Å². The number of hydrogen-bond acceptors (Lipinski definition) is 4. The number of pyridine rings is 1. The molecule has 0 bridgehead atoms. The first-order chi connectivity index (χ1) is 9.11. The van der Waals surface area contributed by atoms with Crippen LogP contribution in [-0.4, -0.2) is 14.8 Å². The zero-order chi connectivity index (χ0) is 13.4. The van der Waals surface area contributed by atoms with Crippen molar-refractivity contribution in [3.8, 4) is 0 Å². The molecular weight excluding hydrogens is 238 g/mol. The van der Waals surface area contributed by atoms with E-state index in [1.54, 1.807) is 4.68 Å². The quantitative estimate of drug-likeness (QED) is 0.689. The number of aryl methyl sites for hydroxylation is 2. The number of aromatic nitrogens is 3. The van der Waals surface area contributed by atoms with E-state index in [9.17, 15) is 0 Å². The van der Waals surface area contributed by atoms with Crippen molar-refractivity contribution in [2.24, 2.45) is 7.05 Å². The third-order valence-electron chi connectivity index (χ3n) is 2.99. The van der Waals surface area contributed by atoms with Crippen molar-refractivity contribution in [1.29, 1.82) is 0 Å². The van der Waals surface area contributed by atoms with Gasteiger partial charge in [0.05, 0.1) is 16.9 Å². The first kappa shape index (κ1) is 11.5. The lowest BCUT2D eigenvalue weighted by molar-refractivity contribution is 0.756. The van der Waals surface area contributed by atoms with Crippen LogP contribution < -0.4 is 11.1 Å².